The molecule has 1 aliphatic rings. The Morgan fingerprint density at radius 1 is 1.03 bits per heavy atom. The Bertz CT molecular complexity index is 1190. The van der Waals surface area contributed by atoms with Gasteiger partial charge in [-0.1, -0.05) is 5.16 Å². The van der Waals surface area contributed by atoms with Crippen molar-refractivity contribution in [2.75, 3.05) is 13.1 Å². The number of rotatable bonds is 5. The molecular weight excluding hydrogens is 398 g/mol. The van der Waals surface area contributed by atoms with Gasteiger partial charge in [-0.05, 0) is 69.6 Å². The molecule has 0 spiro atoms. The highest BCUT2D eigenvalue weighted by Gasteiger charge is 2.19. The average molecular weight is 422 g/mol. The minimum Gasteiger partial charge on any atom is -0.438 e. The van der Waals surface area contributed by atoms with Gasteiger partial charge in [0.1, 0.15) is 16.4 Å². The second kappa shape index (κ2) is 7.77. The highest BCUT2D eigenvalue weighted by Crippen LogP contribution is 2.37. The summed E-state index contributed by atoms with van der Waals surface area (Å²) in [4.78, 5) is 18.5. The second-order valence-electron chi connectivity index (χ2n) is 7.66. The summed E-state index contributed by atoms with van der Waals surface area (Å²) in [5.74, 6) is 3.27. The molecule has 0 saturated carbocycles. The Hall–Kier alpha value is -2.84. The maximum Gasteiger partial charge on any atom is 0.231 e. The van der Waals surface area contributed by atoms with Gasteiger partial charge < -0.3 is 9.26 Å². The number of nitrogens with zero attached hydrogens (tertiary/aromatic N) is 5. The Morgan fingerprint density at radius 3 is 2.50 bits per heavy atom. The van der Waals surface area contributed by atoms with E-state index in [0.717, 1.165) is 41.2 Å². The molecule has 154 valence electrons. The van der Waals surface area contributed by atoms with Crippen LogP contribution >= 0.6 is 11.3 Å². The summed E-state index contributed by atoms with van der Waals surface area (Å²) in [6.07, 6.45) is 2.49. The van der Waals surface area contributed by atoms with Gasteiger partial charge >= 0.3 is 0 Å². The molecule has 30 heavy (non-hydrogen) atoms. The summed E-state index contributed by atoms with van der Waals surface area (Å²) in [5, 5.41) is 4.97. The number of hydrogen-bond acceptors (Lipinski definition) is 8. The molecule has 0 aliphatic carbocycles. The van der Waals surface area contributed by atoms with Gasteiger partial charge in [-0.15, -0.1) is 11.3 Å². The van der Waals surface area contributed by atoms with E-state index in [4.69, 9.17) is 19.2 Å². The van der Waals surface area contributed by atoms with Crippen molar-refractivity contribution in [2.45, 2.75) is 40.2 Å². The number of fused-ring (bicyclic) bond motifs is 1. The Kier molecular flexibility index (Phi) is 4.96. The molecule has 0 N–H and O–H groups in total. The highest BCUT2D eigenvalue weighted by atomic mass is 32.1. The predicted molar refractivity (Wildman–Crippen MR) is 116 cm³/mol. The molecule has 3 aromatic heterocycles. The van der Waals surface area contributed by atoms with E-state index in [1.807, 2.05) is 24.3 Å². The zero-order valence-corrected chi connectivity index (χ0v) is 18.1. The van der Waals surface area contributed by atoms with Crippen LogP contribution in [-0.2, 0) is 6.54 Å². The molecule has 0 atom stereocenters. The molecule has 0 radical (unpaired) electrons. The summed E-state index contributed by atoms with van der Waals surface area (Å²) < 4.78 is 11.3. The van der Waals surface area contributed by atoms with E-state index < -0.39 is 0 Å². The van der Waals surface area contributed by atoms with E-state index in [2.05, 4.69) is 28.9 Å². The van der Waals surface area contributed by atoms with Gasteiger partial charge in [-0.25, -0.2) is 4.98 Å². The van der Waals surface area contributed by atoms with Gasteiger partial charge in [-0.2, -0.15) is 9.97 Å². The molecule has 7 nitrogen and oxygen atoms in total. The fourth-order valence-corrected chi connectivity index (χ4v) is 4.78. The van der Waals surface area contributed by atoms with Crippen molar-refractivity contribution < 1.29 is 9.26 Å². The number of likely N-dealkylation sites (tertiary alicyclic amines) is 1. The number of benzene rings is 1. The maximum absolute atomic E-state index is 6.26. The third-order valence-electron chi connectivity index (χ3n) is 5.46. The van der Waals surface area contributed by atoms with Crippen LogP contribution in [0.4, 0.5) is 0 Å². The van der Waals surface area contributed by atoms with Crippen LogP contribution in [0, 0.1) is 20.8 Å². The van der Waals surface area contributed by atoms with Crippen molar-refractivity contribution in [2.24, 2.45) is 0 Å². The quantitative estimate of drug-likeness (QED) is 0.446. The standard InChI is InChI=1S/C22H23N5O2S/c1-13-14(2)30-22-19(13)21(24-18(25-22)12-27-10-4-5-11-27)28-17-8-6-16(7-9-17)20-23-15(3)29-26-20/h6-9H,4-5,10-12H2,1-3H3. The Morgan fingerprint density at radius 2 is 1.80 bits per heavy atom. The van der Waals surface area contributed by atoms with Crippen LogP contribution in [0.3, 0.4) is 0 Å². The first kappa shape index (κ1) is 19.1. The van der Waals surface area contributed by atoms with Crippen molar-refractivity contribution in [3.63, 3.8) is 0 Å². The predicted octanol–water partition coefficient (Wildman–Crippen LogP) is 5.05. The van der Waals surface area contributed by atoms with Gasteiger partial charge in [0.2, 0.25) is 17.6 Å². The van der Waals surface area contributed by atoms with Crippen molar-refractivity contribution in [1.29, 1.82) is 0 Å². The molecule has 4 heterocycles. The van der Waals surface area contributed by atoms with Crippen LogP contribution in [-0.4, -0.2) is 38.1 Å². The van der Waals surface area contributed by atoms with E-state index in [1.54, 1.807) is 18.3 Å². The molecule has 5 rings (SSSR count). The fraction of sp³-hybridized carbons (Fsp3) is 0.364. The van der Waals surface area contributed by atoms with Crippen LogP contribution < -0.4 is 4.74 Å². The van der Waals surface area contributed by atoms with Crippen molar-refractivity contribution >= 4 is 21.6 Å². The molecular formula is C22H23N5O2S. The minimum absolute atomic E-state index is 0.544. The molecule has 1 fully saturated rings. The highest BCUT2D eigenvalue weighted by molar-refractivity contribution is 7.18. The summed E-state index contributed by atoms with van der Waals surface area (Å²) in [6, 6.07) is 7.66. The van der Waals surface area contributed by atoms with Crippen molar-refractivity contribution in [3.05, 3.63) is 46.4 Å². The van der Waals surface area contributed by atoms with Crippen molar-refractivity contribution in [1.82, 2.24) is 25.0 Å². The van der Waals surface area contributed by atoms with E-state index in [0.29, 0.717) is 23.3 Å². The summed E-state index contributed by atoms with van der Waals surface area (Å²) >= 11 is 1.70. The number of aryl methyl sites for hydroxylation is 3. The lowest BCUT2D eigenvalue weighted by atomic mass is 10.2. The van der Waals surface area contributed by atoms with E-state index in [1.165, 1.54) is 23.3 Å². The van der Waals surface area contributed by atoms with Crippen LogP contribution in [0.1, 0.15) is 35.0 Å². The fourth-order valence-electron chi connectivity index (χ4n) is 3.74. The number of aromatic nitrogens is 4. The van der Waals surface area contributed by atoms with Crippen molar-refractivity contribution in [3.8, 4) is 23.0 Å². The number of hydrogen-bond donors (Lipinski definition) is 0. The third-order valence-corrected chi connectivity index (χ3v) is 6.56. The van der Waals surface area contributed by atoms with Crippen LogP contribution in [0.25, 0.3) is 21.6 Å². The van der Waals surface area contributed by atoms with Gasteiger partial charge in [0, 0.05) is 17.4 Å². The van der Waals surface area contributed by atoms with Gasteiger partial charge in [-0.3, -0.25) is 4.90 Å². The number of thiophene rings is 1. The lowest BCUT2D eigenvalue weighted by Gasteiger charge is -2.14. The molecule has 1 aromatic carbocycles. The molecule has 0 amide bonds. The monoisotopic (exact) mass is 421 g/mol. The molecule has 1 saturated heterocycles. The first-order valence-electron chi connectivity index (χ1n) is 10.1. The zero-order valence-electron chi connectivity index (χ0n) is 17.3. The first-order chi connectivity index (χ1) is 14.6. The molecule has 0 bridgehead atoms. The molecule has 1 aliphatic heterocycles. The Balaban J connectivity index is 1.47. The topological polar surface area (TPSA) is 77.2 Å². The summed E-state index contributed by atoms with van der Waals surface area (Å²) in [6.45, 7) is 8.98. The Labute approximate surface area is 178 Å². The maximum atomic E-state index is 6.26. The van der Waals surface area contributed by atoms with Crippen LogP contribution in [0.5, 0.6) is 11.6 Å². The smallest absolute Gasteiger partial charge is 0.231 e. The second-order valence-corrected chi connectivity index (χ2v) is 8.86. The largest absolute Gasteiger partial charge is 0.438 e. The summed E-state index contributed by atoms with van der Waals surface area (Å²) in [5.41, 5.74) is 2.06. The van der Waals surface area contributed by atoms with Gasteiger partial charge in [0.05, 0.1) is 11.9 Å². The number of ether oxygens (including phenoxy) is 1. The normalized spacial score (nSPS) is 14.6. The van der Waals surface area contributed by atoms with E-state index >= 15 is 0 Å². The zero-order chi connectivity index (χ0) is 20.7. The van der Waals surface area contributed by atoms with Gasteiger partial charge in [0.15, 0.2) is 0 Å². The minimum atomic E-state index is 0.544. The van der Waals surface area contributed by atoms with E-state index in [-0.39, 0.29) is 0 Å². The first-order valence-corrected chi connectivity index (χ1v) is 11.0. The van der Waals surface area contributed by atoms with Crippen LogP contribution in [0.2, 0.25) is 0 Å². The SMILES string of the molecule is Cc1nc(-c2ccc(Oc3nc(CN4CCCC4)nc4sc(C)c(C)c34)cc2)no1. The average Bonchev–Trinajstić information content (AvgIpc) is 3.45. The molecule has 0 unspecified atom stereocenters. The lowest BCUT2D eigenvalue weighted by Crippen LogP contribution is -2.20. The van der Waals surface area contributed by atoms with Gasteiger partial charge in [0.25, 0.3) is 0 Å². The molecule has 4 aromatic rings. The lowest BCUT2D eigenvalue weighted by molar-refractivity contribution is 0.321. The van der Waals surface area contributed by atoms with E-state index in [9.17, 15) is 0 Å². The van der Waals surface area contributed by atoms with Crippen LogP contribution in [0.15, 0.2) is 28.8 Å². The third kappa shape index (κ3) is 3.68. The summed E-state index contributed by atoms with van der Waals surface area (Å²) in [7, 11) is 0. The molecule has 8 heteroatoms.